The smallest absolute Gasteiger partial charge is 0.305 e. The topological polar surface area (TPSA) is 182 Å². The van der Waals surface area contributed by atoms with Gasteiger partial charge in [-0.2, -0.15) is 0 Å². The number of hydrogen-bond acceptors (Lipinski definition) is 7. The number of anilines is 1. The van der Waals surface area contributed by atoms with Gasteiger partial charge < -0.3 is 25.9 Å². The van der Waals surface area contributed by atoms with Crippen LogP contribution in [-0.2, 0) is 28.8 Å². The highest BCUT2D eigenvalue weighted by atomic mass is 16.4. The zero-order valence-corrected chi connectivity index (χ0v) is 21.1. The van der Waals surface area contributed by atoms with Gasteiger partial charge in [0.15, 0.2) is 0 Å². The molecule has 0 aliphatic carbocycles. The molecule has 0 aromatic heterocycles. The monoisotopic (exact) mass is 529 g/mol. The van der Waals surface area contributed by atoms with E-state index in [4.69, 9.17) is 5.11 Å². The Labute approximate surface area is 218 Å². The van der Waals surface area contributed by atoms with Crippen molar-refractivity contribution in [1.82, 2.24) is 20.7 Å². The number of nitrogens with one attached hydrogen (secondary N) is 3. The number of aldehydes is 1. The molecule has 1 aromatic carbocycles. The van der Waals surface area contributed by atoms with Crippen molar-refractivity contribution in [2.45, 2.75) is 64.1 Å². The van der Waals surface area contributed by atoms with Crippen LogP contribution in [0.4, 0.5) is 5.69 Å². The van der Waals surface area contributed by atoms with E-state index < -0.39 is 54.1 Å². The van der Waals surface area contributed by atoms with Crippen LogP contribution >= 0.6 is 0 Å². The Morgan fingerprint density at radius 2 is 1.79 bits per heavy atom. The van der Waals surface area contributed by atoms with E-state index in [1.807, 2.05) is 0 Å². The number of benzene rings is 1. The molecule has 4 N–H and O–H groups in total. The third kappa shape index (κ3) is 6.72. The third-order valence-corrected chi connectivity index (χ3v) is 6.29. The Kier molecular flexibility index (Phi) is 9.16. The molecule has 2 aliphatic heterocycles. The number of carboxylic acids is 1. The highest BCUT2D eigenvalue weighted by molar-refractivity contribution is 6.00. The van der Waals surface area contributed by atoms with E-state index in [0.29, 0.717) is 18.4 Å². The average Bonchev–Trinajstić information content (AvgIpc) is 3.00. The molecule has 2 aliphatic rings. The highest BCUT2D eigenvalue weighted by Gasteiger charge is 2.45. The van der Waals surface area contributed by atoms with Gasteiger partial charge in [0, 0.05) is 30.1 Å². The van der Waals surface area contributed by atoms with Gasteiger partial charge in [-0.05, 0) is 43.5 Å². The van der Waals surface area contributed by atoms with Gasteiger partial charge in [-0.1, -0.05) is 13.8 Å². The fraction of sp³-hybridized carbons (Fsp3) is 0.480. The van der Waals surface area contributed by atoms with Crippen LogP contribution in [0.15, 0.2) is 24.3 Å². The molecule has 3 rings (SSSR count). The number of fused-ring (bicyclic) bond motifs is 1. The van der Waals surface area contributed by atoms with Crippen molar-refractivity contribution in [2.24, 2.45) is 5.92 Å². The maximum atomic E-state index is 13.5. The van der Waals surface area contributed by atoms with Crippen LogP contribution in [0.2, 0.25) is 0 Å². The largest absolute Gasteiger partial charge is 0.481 e. The summed E-state index contributed by atoms with van der Waals surface area (Å²) in [6.07, 6.45) is 0.238. The number of carbonyl (C=O) groups is 7. The maximum absolute atomic E-state index is 13.5. The fourth-order valence-corrected chi connectivity index (χ4v) is 4.24. The summed E-state index contributed by atoms with van der Waals surface area (Å²) in [4.78, 5) is 86.2. The standard InChI is InChI=1S/C25H31N5O8/c1-14(2)22(35)26-16-7-5-15(6-8-16)23(36)28-18-9-10-20(32)29-11-3-4-19(30(29)25(18)38)24(37)27-17(13-31)12-21(33)34/h5-8,13-14,17-19H,3-4,9-12H2,1-2H3,(H,26,35)(H,27,37)(H,28,36)(H,33,34)/t17-,18-,19-/m0/s1. The molecule has 2 fully saturated rings. The summed E-state index contributed by atoms with van der Waals surface area (Å²) in [6, 6.07) is 2.54. The van der Waals surface area contributed by atoms with Gasteiger partial charge in [0.2, 0.25) is 17.7 Å². The molecule has 0 unspecified atom stereocenters. The van der Waals surface area contributed by atoms with Gasteiger partial charge in [-0.25, -0.2) is 5.01 Å². The first-order valence-electron chi connectivity index (χ1n) is 12.3. The van der Waals surface area contributed by atoms with Crippen molar-refractivity contribution in [3.05, 3.63) is 29.8 Å². The summed E-state index contributed by atoms with van der Waals surface area (Å²) in [5, 5.41) is 18.8. The lowest BCUT2D eigenvalue weighted by Crippen LogP contribution is -2.64. The van der Waals surface area contributed by atoms with Crippen LogP contribution in [0.25, 0.3) is 0 Å². The molecular weight excluding hydrogens is 498 g/mol. The van der Waals surface area contributed by atoms with Crippen LogP contribution in [0.5, 0.6) is 0 Å². The molecule has 3 atom stereocenters. The normalized spacial score (nSPS) is 20.2. The molecular formula is C25H31N5O8. The summed E-state index contributed by atoms with van der Waals surface area (Å²) in [7, 11) is 0. The van der Waals surface area contributed by atoms with Crippen LogP contribution in [0.3, 0.4) is 0 Å². The lowest BCUT2D eigenvalue weighted by atomic mass is 10.0. The minimum absolute atomic E-state index is 0.0171. The number of nitrogens with zero attached hydrogens (tertiary/aromatic N) is 2. The van der Waals surface area contributed by atoms with Gasteiger partial charge in [-0.3, -0.25) is 33.8 Å². The Morgan fingerprint density at radius 1 is 1.11 bits per heavy atom. The Hall–Kier alpha value is -4.29. The minimum atomic E-state index is -1.29. The van der Waals surface area contributed by atoms with Crippen molar-refractivity contribution in [3.8, 4) is 0 Å². The number of rotatable bonds is 9. The van der Waals surface area contributed by atoms with Crippen LogP contribution < -0.4 is 16.0 Å². The molecule has 13 nitrogen and oxygen atoms in total. The van der Waals surface area contributed by atoms with Crippen LogP contribution in [0.1, 0.15) is 56.3 Å². The molecule has 1 aromatic rings. The predicted molar refractivity (Wildman–Crippen MR) is 132 cm³/mol. The molecule has 38 heavy (non-hydrogen) atoms. The van der Waals surface area contributed by atoms with Crippen molar-refractivity contribution in [2.75, 3.05) is 11.9 Å². The summed E-state index contributed by atoms with van der Waals surface area (Å²) < 4.78 is 0. The van der Waals surface area contributed by atoms with E-state index in [1.165, 1.54) is 17.1 Å². The molecule has 0 saturated carbocycles. The van der Waals surface area contributed by atoms with E-state index in [0.717, 1.165) is 5.01 Å². The maximum Gasteiger partial charge on any atom is 0.305 e. The molecule has 2 saturated heterocycles. The predicted octanol–water partition coefficient (Wildman–Crippen LogP) is 0.0663. The minimum Gasteiger partial charge on any atom is -0.481 e. The number of carboxylic acid groups (broad SMARTS) is 1. The molecule has 0 bridgehead atoms. The number of hydrogen-bond donors (Lipinski definition) is 4. The van der Waals surface area contributed by atoms with Crippen molar-refractivity contribution >= 4 is 47.5 Å². The summed E-state index contributed by atoms with van der Waals surface area (Å²) >= 11 is 0. The van der Waals surface area contributed by atoms with Gasteiger partial charge in [-0.15, -0.1) is 0 Å². The summed E-state index contributed by atoms with van der Waals surface area (Å²) in [5.41, 5.74) is 0.730. The van der Waals surface area contributed by atoms with E-state index in [-0.39, 0.29) is 43.2 Å². The Morgan fingerprint density at radius 3 is 2.39 bits per heavy atom. The first-order valence-corrected chi connectivity index (χ1v) is 12.3. The number of hydrazine groups is 1. The quantitative estimate of drug-likeness (QED) is 0.324. The lowest BCUT2D eigenvalue weighted by Gasteiger charge is -2.43. The summed E-state index contributed by atoms with van der Waals surface area (Å²) in [6.45, 7) is 3.70. The third-order valence-electron chi connectivity index (χ3n) is 6.29. The fourth-order valence-electron chi connectivity index (χ4n) is 4.24. The number of amides is 5. The van der Waals surface area contributed by atoms with Crippen molar-refractivity contribution in [1.29, 1.82) is 0 Å². The molecule has 2 heterocycles. The zero-order valence-electron chi connectivity index (χ0n) is 21.1. The molecule has 0 radical (unpaired) electrons. The van der Waals surface area contributed by atoms with Gasteiger partial charge >= 0.3 is 5.97 Å². The van der Waals surface area contributed by atoms with E-state index in [2.05, 4.69) is 16.0 Å². The van der Waals surface area contributed by atoms with E-state index in [9.17, 15) is 33.6 Å². The van der Waals surface area contributed by atoms with Crippen LogP contribution in [-0.4, -0.2) is 81.6 Å². The van der Waals surface area contributed by atoms with Crippen molar-refractivity contribution < 1.29 is 38.7 Å². The van der Waals surface area contributed by atoms with Crippen LogP contribution in [0, 0.1) is 5.92 Å². The second kappa shape index (κ2) is 12.3. The average molecular weight is 530 g/mol. The summed E-state index contributed by atoms with van der Waals surface area (Å²) in [5.74, 6) is -4.08. The first kappa shape index (κ1) is 28.3. The Balaban J connectivity index is 1.75. The van der Waals surface area contributed by atoms with Gasteiger partial charge in [0.1, 0.15) is 18.4 Å². The van der Waals surface area contributed by atoms with E-state index in [1.54, 1.807) is 26.0 Å². The second-order valence-corrected chi connectivity index (χ2v) is 9.49. The first-order chi connectivity index (χ1) is 18.0. The lowest BCUT2D eigenvalue weighted by molar-refractivity contribution is -0.176. The highest BCUT2D eigenvalue weighted by Crippen LogP contribution is 2.25. The number of carbonyl (C=O) groups excluding carboxylic acids is 6. The Bertz CT molecular complexity index is 1120. The molecule has 5 amide bonds. The zero-order chi connectivity index (χ0) is 28.0. The second-order valence-electron chi connectivity index (χ2n) is 9.49. The van der Waals surface area contributed by atoms with E-state index >= 15 is 0 Å². The SMILES string of the molecule is CC(C)C(=O)Nc1ccc(C(=O)N[C@H]2CCC(=O)N3CCC[C@@H](C(=O)N[C@H](C=O)CC(=O)O)N3C2=O)cc1. The van der Waals surface area contributed by atoms with Gasteiger partial charge in [0.25, 0.3) is 11.8 Å². The molecule has 13 heteroatoms. The van der Waals surface area contributed by atoms with Crippen molar-refractivity contribution in [3.63, 3.8) is 0 Å². The molecule has 0 spiro atoms. The molecule has 204 valence electrons. The number of aliphatic carboxylic acids is 1. The van der Waals surface area contributed by atoms with Gasteiger partial charge in [0.05, 0.1) is 12.5 Å².